The maximum absolute atomic E-state index is 12.5. The van der Waals surface area contributed by atoms with Gasteiger partial charge in [-0.15, -0.1) is 0 Å². The number of amides is 1. The van der Waals surface area contributed by atoms with Crippen LogP contribution >= 0.6 is 15.9 Å². The summed E-state index contributed by atoms with van der Waals surface area (Å²) in [6, 6.07) is 7.92. The fourth-order valence-electron chi connectivity index (χ4n) is 2.85. The van der Waals surface area contributed by atoms with Gasteiger partial charge in [-0.1, -0.05) is 41.9 Å². The Kier molecular flexibility index (Phi) is 4.67. The van der Waals surface area contributed by atoms with Crippen molar-refractivity contribution >= 4 is 21.8 Å². The number of carbonyl (C=O) groups is 1. The van der Waals surface area contributed by atoms with E-state index in [9.17, 15) is 4.79 Å². The fraction of sp³-hybridized carbons (Fsp3) is 0.562. The average Bonchev–Trinajstić information content (AvgIpc) is 2.92. The highest BCUT2D eigenvalue weighted by atomic mass is 79.9. The lowest BCUT2D eigenvalue weighted by atomic mass is 9.82. The summed E-state index contributed by atoms with van der Waals surface area (Å²) in [5.74, 6) is 0.185. The van der Waals surface area contributed by atoms with Crippen LogP contribution in [0.25, 0.3) is 0 Å². The Balaban J connectivity index is 2.08. The number of hydrogen-bond acceptors (Lipinski definition) is 1. The third-order valence-electron chi connectivity index (χ3n) is 4.58. The Morgan fingerprint density at radius 2 is 1.89 bits per heavy atom. The van der Waals surface area contributed by atoms with Crippen molar-refractivity contribution in [3.63, 3.8) is 0 Å². The number of alkyl halides is 1. The summed E-state index contributed by atoms with van der Waals surface area (Å²) < 4.78 is 0. The van der Waals surface area contributed by atoms with Crippen LogP contribution in [0.5, 0.6) is 0 Å². The van der Waals surface area contributed by atoms with E-state index in [0.717, 1.165) is 43.2 Å². The molecule has 1 fully saturated rings. The van der Waals surface area contributed by atoms with E-state index in [0.29, 0.717) is 5.41 Å². The van der Waals surface area contributed by atoms with E-state index in [4.69, 9.17) is 0 Å². The number of rotatable bonds is 4. The van der Waals surface area contributed by atoms with Crippen LogP contribution in [0.2, 0.25) is 0 Å². The van der Waals surface area contributed by atoms with Crippen LogP contribution in [0.3, 0.4) is 0 Å². The quantitative estimate of drug-likeness (QED) is 0.759. The molecule has 0 saturated carbocycles. The number of likely N-dealkylation sites (tertiary alicyclic amines) is 1. The summed E-state index contributed by atoms with van der Waals surface area (Å²) in [7, 11) is 0. The molecule has 3 heteroatoms. The molecule has 1 aliphatic heterocycles. The minimum atomic E-state index is 0.185. The van der Waals surface area contributed by atoms with Gasteiger partial charge in [0.2, 0.25) is 0 Å². The molecule has 2 nitrogen and oxygen atoms in total. The van der Waals surface area contributed by atoms with Gasteiger partial charge in [0, 0.05) is 24.0 Å². The van der Waals surface area contributed by atoms with E-state index in [1.54, 1.807) is 0 Å². The van der Waals surface area contributed by atoms with E-state index < -0.39 is 0 Å². The first-order valence-corrected chi connectivity index (χ1v) is 8.20. The molecule has 0 N–H and O–H groups in total. The van der Waals surface area contributed by atoms with Crippen molar-refractivity contribution in [2.24, 2.45) is 5.41 Å². The monoisotopic (exact) mass is 323 g/mol. The molecule has 19 heavy (non-hydrogen) atoms. The summed E-state index contributed by atoms with van der Waals surface area (Å²) in [5, 5.41) is 0.833. The lowest BCUT2D eigenvalue weighted by molar-refractivity contribution is 0.0770. The maximum atomic E-state index is 12.5. The van der Waals surface area contributed by atoms with Crippen molar-refractivity contribution < 1.29 is 4.79 Å². The maximum Gasteiger partial charge on any atom is 0.253 e. The molecule has 2 rings (SSSR count). The van der Waals surface area contributed by atoms with Crippen molar-refractivity contribution in [2.45, 2.75) is 38.4 Å². The molecular formula is C16H22BrNO. The van der Waals surface area contributed by atoms with Crippen LogP contribution in [0, 0.1) is 5.41 Å². The van der Waals surface area contributed by atoms with Gasteiger partial charge < -0.3 is 4.90 Å². The highest BCUT2D eigenvalue weighted by Crippen LogP contribution is 2.37. The number of halogens is 1. The molecule has 104 valence electrons. The highest BCUT2D eigenvalue weighted by molar-refractivity contribution is 9.08. The Hall–Kier alpha value is -0.830. The number of nitrogens with zero attached hydrogens (tertiary/aromatic N) is 1. The zero-order valence-electron chi connectivity index (χ0n) is 11.8. The van der Waals surface area contributed by atoms with Crippen molar-refractivity contribution in [1.82, 2.24) is 4.90 Å². The summed E-state index contributed by atoms with van der Waals surface area (Å²) in [6.45, 7) is 6.30. The zero-order valence-corrected chi connectivity index (χ0v) is 13.4. The molecular weight excluding hydrogens is 302 g/mol. The molecule has 0 radical (unpaired) electrons. The van der Waals surface area contributed by atoms with Gasteiger partial charge in [-0.2, -0.15) is 0 Å². The van der Waals surface area contributed by atoms with Crippen molar-refractivity contribution in [1.29, 1.82) is 0 Å². The van der Waals surface area contributed by atoms with E-state index >= 15 is 0 Å². The zero-order chi connectivity index (χ0) is 13.9. The van der Waals surface area contributed by atoms with Crippen molar-refractivity contribution in [2.75, 3.05) is 13.1 Å². The number of hydrogen-bond donors (Lipinski definition) is 0. The standard InChI is InChI=1S/C16H22BrNO/c1-3-16(4-2)9-10-18(12-16)15(19)14-7-5-13(11-17)6-8-14/h5-8H,3-4,9-12H2,1-2H3. The first-order chi connectivity index (χ1) is 9.14. The first-order valence-electron chi connectivity index (χ1n) is 7.08. The van der Waals surface area contributed by atoms with Gasteiger partial charge in [-0.05, 0) is 42.4 Å². The summed E-state index contributed by atoms with van der Waals surface area (Å²) in [4.78, 5) is 14.5. The molecule has 0 atom stereocenters. The SMILES string of the molecule is CCC1(CC)CCN(C(=O)c2ccc(CBr)cc2)C1. The molecule has 0 spiro atoms. The summed E-state index contributed by atoms with van der Waals surface area (Å²) in [5.41, 5.74) is 2.37. The van der Waals surface area contributed by atoms with Gasteiger partial charge in [-0.3, -0.25) is 4.79 Å². The van der Waals surface area contributed by atoms with Gasteiger partial charge >= 0.3 is 0 Å². The van der Waals surface area contributed by atoms with Crippen molar-refractivity contribution in [3.8, 4) is 0 Å². The second-order valence-electron chi connectivity index (χ2n) is 5.51. The molecule has 1 aromatic rings. The Labute approximate surface area is 124 Å². The molecule has 0 aromatic heterocycles. The van der Waals surface area contributed by atoms with Crippen molar-refractivity contribution in [3.05, 3.63) is 35.4 Å². The minimum Gasteiger partial charge on any atom is -0.338 e. The van der Waals surface area contributed by atoms with Gasteiger partial charge in [0.25, 0.3) is 5.91 Å². The van der Waals surface area contributed by atoms with E-state index in [-0.39, 0.29) is 5.91 Å². The highest BCUT2D eigenvalue weighted by Gasteiger charge is 2.37. The van der Waals surface area contributed by atoms with E-state index in [2.05, 4.69) is 29.8 Å². The molecule has 1 heterocycles. The predicted molar refractivity (Wildman–Crippen MR) is 82.6 cm³/mol. The van der Waals surface area contributed by atoms with Gasteiger partial charge in [-0.25, -0.2) is 0 Å². The normalized spacial score (nSPS) is 17.7. The van der Waals surface area contributed by atoms with Gasteiger partial charge in [0.05, 0.1) is 0 Å². The molecule has 1 aromatic carbocycles. The van der Waals surface area contributed by atoms with Crippen LogP contribution in [0.4, 0.5) is 0 Å². The lowest BCUT2D eigenvalue weighted by Crippen LogP contribution is -2.31. The Morgan fingerprint density at radius 3 is 2.37 bits per heavy atom. The number of benzene rings is 1. The Morgan fingerprint density at radius 1 is 1.26 bits per heavy atom. The molecule has 1 saturated heterocycles. The van der Waals surface area contributed by atoms with E-state index in [1.165, 1.54) is 5.56 Å². The second-order valence-corrected chi connectivity index (χ2v) is 6.08. The third kappa shape index (κ3) is 3.02. The van der Waals surface area contributed by atoms with Crippen LogP contribution in [0.1, 0.15) is 49.0 Å². The molecule has 0 aliphatic carbocycles. The smallest absolute Gasteiger partial charge is 0.253 e. The minimum absolute atomic E-state index is 0.185. The van der Waals surface area contributed by atoms with Crippen LogP contribution in [-0.4, -0.2) is 23.9 Å². The van der Waals surface area contributed by atoms with Crippen LogP contribution in [-0.2, 0) is 5.33 Å². The van der Waals surface area contributed by atoms with Crippen LogP contribution < -0.4 is 0 Å². The lowest BCUT2D eigenvalue weighted by Gasteiger charge is -2.26. The molecule has 0 unspecified atom stereocenters. The largest absolute Gasteiger partial charge is 0.338 e. The Bertz CT molecular complexity index is 437. The van der Waals surface area contributed by atoms with Gasteiger partial charge in [0.15, 0.2) is 0 Å². The topological polar surface area (TPSA) is 20.3 Å². The van der Waals surface area contributed by atoms with Gasteiger partial charge in [0.1, 0.15) is 0 Å². The first kappa shape index (κ1) is 14.6. The van der Waals surface area contributed by atoms with Crippen LogP contribution in [0.15, 0.2) is 24.3 Å². The molecule has 1 amide bonds. The third-order valence-corrected chi connectivity index (χ3v) is 5.23. The second kappa shape index (κ2) is 6.08. The molecule has 0 bridgehead atoms. The predicted octanol–water partition coefficient (Wildman–Crippen LogP) is 4.23. The fourth-order valence-corrected chi connectivity index (χ4v) is 3.23. The van der Waals surface area contributed by atoms with E-state index in [1.807, 2.05) is 29.2 Å². The summed E-state index contributed by atoms with van der Waals surface area (Å²) in [6.07, 6.45) is 3.47. The molecule has 1 aliphatic rings. The number of carbonyl (C=O) groups excluding carboxylic acids is 1. The average molecular weight is 324 g/mol. The summed E-state index contributed by atoms with van der Waals surface area (Å²) >= 11 is 3.42.